The van der Waals surface area contributed by atoms with Gasteiger partial charge in [0, 0.05) is 18.8 Å². The molecule has 0 aliphatic carbocycles. The van der Waals surface area contributed by atoms with Crippen molar-refractivity contribution < 1.29 is 14.3 Å². The number of hydrogen-bond donors (Lipinski definition) is 1. The van der Waals surface area contributed by atoms with Crippen molar-refractivity contribution in [2.75, 3.05) is 31.6 Å². The van der Waals surface area contributed by atoms with E-state index in [1.807, 2.05) is 24.3 Å². The Balaban J connectivity index is 2.07. The first-order chi connectivity index (χ1) is 9.31. The van der Waals surface area contributed by atoms with Crippen LogP contribution < -0.4 is 5.32 Å². The van der Waals surface area contributed by atoms with Gasteiger partial charge in [-0.3, -0.25) is 4.79 Å². The first-order valence-corrected chi connectivity index (χ1v) is 6.16. The van der Waals surface area contributed by atoms with Gasteiger partial charge in [0.25, 0.3) is 0 Å². The van der Waals surface area contributed by atoms with E-state index in [2.05, 4.69) is 5.32 Å². The number of carbonyl (C=O) groups excluding carboxylic acids is 2. The van der Waals surface area contributed by atoms with Crippen LogP contribution in [0.15, 0.2) is 30.3 Å². The molecule has 0 spiro atoms. The first-order valence-electron chi connectivity index (χ1n) is 6.16. The third-order valence-corrected chi connectivity index (χ3v) is 2.86. The van der Waals surface area contributed by atoms with Crippen LogP contribution in [0.25, 0.3) is 6.08 Å². The van der Waals surface area contributed by atoms with Gasteiger partial charge in [-0.2, -0.15) is 0 Å². The molecule has 0 radical (unpaired) electrons. The smallest absolute Gasteiger partial charge is 0.322 e. The van der Waals surface area contributed by atoms with Crippen molar-refractivity contribution in [1.29, 1.82) is 0 Å². The lowest BCUT2D eigenvalue weighted by Gasteiger charge is -2.27. The number of rotatable bonds is 3. The molecular weight excluding hydrogens is 244 g/mol. The molecule has 1 N–H and O–H groups in total. The molecule has 1 fully saturated rings. The molecule has 0 unspecified atom stereocenters. The van der Waals surface area contributed by atoms with Crippen LogP contribution in [0.1, 0.15) is 5.56 Å². The Kier molecular flexibility index (Phi) is 4.69. The van der Waals surface area contributed by atoms with Gasteiger partial charge in [0.1, 0.15) is 6.29 Å². The van der Waals surface area contributed by atoms with Crippen LogP contribution in [0.5, 0.6) is 0 Å². The number of anilines is 1. The number of urea groups is 1. The monoisotopic (exact) mass is 260 g/mol. The Morgan fingerprint density at radius 2 is 2.00 bits per heavy atom. The molecule has 1 aromatic rings. The van der Waals surface area contributed by atoms with Crippen LogP contribution in [0.2, 0.25) is 0 Å². The van der Waals surface area contributed by atoms with E-state index in [1.165, 1.54) is 6.08 Å². The van der Waals surface area contributed by atoms with Gasteiger partial charge in [0.05, 0.1) is 13.2 Å². The summed E-state index contributed by atoms with van der Waals surface area (Å²) in [6.07, 6.45) is 3.78. The van der Waals surface area contributed by atoms with E-state index >= 15 is 0 Å². The number of ether oxygens (including phenoxy) is 1. The SMILES string of the molecule is O=C/C=C/c1ccccc1NC(=O)N1CCOCC1. The molecule has 2 amide bonds. The number of morpholine rings is 1. The number of allylic oxidation sites excluding steroid dienone is 1. The summed E-state index contributed by atoms with van der Waals surface area (Å²) in [5.74, 6) is 0. The molecule has 2 rings (SSSR count). The van der Waals surface area contributed by atoms with Crippen LogP contribution in [0.4, 0.5) is 10.5 Å². The highest BCUT2D eigenvalue weighted by atomic mass is 16.5. The molecule has 19 heavy (non-hydrogen) atoms. The fraction of sp³-hybridized carbons (Fsp3) is 0.286. The summed E-state index contributed by atoms with van der Waals surface area (Å²) in [5.41, 5.74) is 1.49. The van der Waals surface area contributed by atoms with Crippen LogP contribution in [-0.4, -0.2) is 43.5 Å². The summed E-state index contributed by atoms with van der Waals surface area (Å²) in [7, 11) is 0. The molecule has 0 bridgehead atoms. The van der Waals surface area contributed by atoms with Crippen LogP contribution in [0, 0.1) is 0 Å². The number of aldehydes is 1. The Bertz CT molecular complexity index is 479. The Labute approximate surface area is 111 Å². The van der Waals surface area contributed by atoms with Crippen molar-refractivity contribution in [3.8, 4) is 0 Å². The van der Waals surface area contributed by atoms with Crippen molar-refractivity contribution in [1.82, 2.24) is 4.90 Å². The molecule has 0 saturated carbocycles. The number of nitrogens with one attached hydrogen (secondary N) is 1. The minimum atomic E-state index is -0.143. The maximum Gasteiger partial charge on any atom is 0.322 e. The van der Waals surface area contributed by atoms with Gasteiger partial charge in [-0.1, -0.05) is 18.2 Å². The van der Waals surface area contributed by atoms with E-state index < -0.39 is 0 Å². The highest BCUT2D eigenvalue weighted by Crippen LogP contribution is 2.17. The fourth-order valence-electron chi connectivity index (χ4n) is 1.86. The van der Waals surface area contributed by atoms with Gasteiger partial charge in [-0.15, -0.1) is 0 Å². The molecule has 100 valence electrons. The van der Waals surface area contributed by atoms with Crippen molar-refractivity contribution in [2.24, 2.45) is 0 Å². The molecule has 5 heteroatoms. The zero-order chi connectivity index (χ0) is 13.5. The quantitative estimate of drug-likeness (QED) is 0.665. The number of para-hydroxylation sites is 1. The largest absolute Gasteiger partial charge is 0.378 e. The fourth-order valence-corrected chi connectivity index (χ4v) is 1.86. The van der Waals surface area contributed by atoms with Gasteiger partial charge in [0.2, 0.25) is 0 Å². The molecule has 0 aromatic heterocycles. The lowest BCUT2D eigenvalue weighted by molar-refractivity contribution is -0.104. The summed E-state index contributed by atoms with van der Waals surface area (Å²) in [6.45, 7) is 2.33. The second kappa shape index (κ2) is 6.70. The number of hydrogen-bond acceptors (Lipinski definition) is 3. The van der Waals surface area contributed by atoms with Crippen molar-refractivity contribution >= 4 is 24.1 Å². The number of benzene rings is 1. The van der Waals surface area contributed by atoms with E-state index in [-0.39, 0.29) is 6.03 Å². The maximum absolute atomic E-state index is 12.1. The lowest BCUT2D eigenvalue weighted by atomic mass is 10.1. The van der Waals surface area contributed by atoms with E-state index in [1.54, 1.807) is 11.0 Å². The Morgan fingerprint density at radius 1 is 1.26 bits per heavy atom. The average Bonchev–Trinajstić information content (AvgIpc) is 2.47. The molecule has 1 aliphatic rings. The molecule has 1 aromatic carbocycles. The van der Waals surface area contributed by atoms with Gasteiger partial charge in [-0.05, 0) is 23.8 Å². The highest BCUT2D eigenvalue weighted by molar-refractivity contribution is 5.92. The van der Waals surface area contributed by atoms with Crippen molar-refractivity contribution in [3.63, 3.8) is 0 Å². The second-order valence-corrected chi connectivity index (χ2v) is 4.11. The van der Waals surface area contributed by atoms with Crippen molar-refractivity contribution in [2.45, 2.75) is 0 Å². The van der Waals surface area contributed by atoms with Gasteiger partial charge >= 0.3 is 6.03 Å². The van der Waals surface area contributed by atoms with Gasteiger partial charge < -0.3 is 15.0 Å². The van der Waals surface area contributed by atoms with Gasteiger partial charge in [0.15, 0.2) is 0 Å². The molecule has 1 saturated heterocycles. The van der Waals surface area contributed by atoms with Gasteiger partial charge in [-0.25, -0.2) is 4.79 Å². The molecule has 1 heterocycles. The molecule has 5 nitrogen and oxygen atoms in total. The number of amides is 2. The van der Waals surface area contributed by atoms with E-state index in [0.717, 1.165) is 5.56 Å². The minimum Gasteiger partial charge on any atom is -0.378 e. The molecular formula is C14H16N2O3. The maximum atomic E-state index is 12.1. The van der Waals surface area contributed by atoms with Crippen LogP contribution in [0.3, 0.4) is 0 Å². The predicted molar refractivity (Wildman–Crippen MR) is 73.0 cm³/mol. The summed E-state index contributed by atoms with van der Waals surface area (Å²) in [6, 6.07) is 7.20. The summed E-state index contributed by atoms with van der Waals surface area (Å²) >= 11 is 0. The summed E-state index contributed by atoms with van der Waals surface area (Å²) in [5, 5.41) is 2.85. The Morgan fingerprint density at radius 3 is 2.74 bits per heavy atom. The average molecular weight is 260 g/mol. The van der Waals surface area contributed by atoms with E-state index in [9.17, 15) is 9.59 Å². The normalized spacial score (nSPS) is 15.5. The number of carbonyl (C=O) groups is 2. The molecule has 0 atom stereocenters. The van der Waals surface area contributed by atoms with E-state index in [0.29, 0.717) is 38.3 Å². The van der Waals surface area contributed by atoms with E-state index in [4.69, 9.17) is 4.74 Å². The minimum absolute atomic E-state index is 0.143. The lowest BCUT2D eigenvalue weighted by Crippen LogP contribution is -2.43. The van der Waals surface area contributed by atoms with Crippen LogP contribution >= 0.6 is 0 Å². The predicted octanol–water partition coefficient (Wildman–Crippen LogP) is 1.76. The zero-order valence-electron chi connectivity index (χ0n) is 10.5. The standard InChI is InChI=1S/C14H16N2O3/c17-9-3-5-12-4-1-2-6-13(12)15-14(18)16-7-10-19-11-8-16/h1-6,9H,7-8,10-11H2,(H,15,18)/b5-3+. The first kappa shape index (κ1) is 13.3. The van der Waals surface area contributed by atoms with Crippen molar-refractivity contribution in [3.05, 3.63) is 35.9 Å². The van der Waals surface area contributed by atoms with Crippen LogP contribution in [-0.2, 0) is 9.53 Å². The summed E-state index contributed by atoms with van der Waals surface area (Å²) < 4.78 is 5.21. The zero-order valence-corrected chi connectivity index (χ0v) is 10.5. The third-order valence-electron chi connectivity index (χ3n) is 2.86. The third kappa shape index (κ3) is 3.66. The second-order valence-electron chi connectivity index (χ2n) is 4.11. The number of nitrogens with zero attached hydrogens (tertiary/aromatic N) is 1. The summed E-state index contributed by atoms with van der Waals surface area (Å²) in [4.78, 5) is 24.1. The molecule has 1 aliphatic heterocycles. The topological polar surface area (TPSA) is 58.6 Å². The highest BCUT2D eigenvalue weighted by Gasteiger charge is 2.17. The Hall–Kier alpha value is -2.14.